The third-order valence-electron chi connectivity index (χ3n) is 1.26. The number of hydrogen-bond acceptors (Lipinski definition) is 4. The molecule has 0 saturated heterocycles. The van der Waals surface area contributed by atoms with Crippen LogP contribution in [0.4, 0.5) is 0 Å². The third kappa shape index (κ3) is 7.31. The smallest absolute Gasteiger partial charge is 0.305 e. The molecule has 76 valence electrons. The second kappa shape index (κ2) is 7.58. The molecule has 0 aliphatic carbocycles. The molecule has 0 aliphatic heterocycles. The molecule has 4 heteroatoms. The first-order chi connectivity index (χ1) is 7.67. The van der Waals surface area contributed by atoms with Crippen molar-refractivity contribution in [2.45, 2.75) is 32.0 Å². The highest BCUT2D eigenvalue weighted by Gasteiger charge is 2.01. The molecule has 0 saturated carbocycles. The van der Waals surface area contributed by atoms with Gasteiger partial charge in [0.15, 0.2) is 0 Å². The van der Waals surface area contributed by atoms with E-state index in [1.54, 1.807) is 0 Å². The number of methoxy groups -OCH3 is 2. The van der Waals surface area contributed by atoms with Crippen LogP contribution >= 0.6 is 0 Å². The van der Waals surface area contributed by atoms with Gasteiger partial charge in [-0.1, -0.05) is 6.42 Å². The van der Waals surface area contributed by atoms with Gasteiger partial charge in [-0.2, -0.15) is 0 Å². The fourth-order valence-electron chi connectivity index (χ4n) is 0.614. The van der Waals surface area contributed by atoms with Crippen LogP contribution in [0.15, 0.2) is 0 Å². The summed E-state index contributed by atoms with van der Waals surface area (Å²) in [5.74, 6) is -2.01. The maximum atomic E-state index is 11.0. The summed E-state index contributed by atoms with van der Waals surface area (Å²) >= 11 is 0. The van der Waals surface area contributed by atoms with Gasteiger partial charge in [-0.3, -0.25) is 9.59 Å². The molecule has 0 aromatic heterocycles. The van der Waals surface area contributed by atoms with E-state index in [1.807, 2.05) is 0 Å². The Bertz CT molecular complexity index is 263. The first kappa shape index (κ1) is 6.40. The summed E-state index contributed by atoms with van der Waals surface area (Å²) in [6, 6.07) is 0. The highest BCUT2D eigenvalue weighted by atomic mass is 16.5. The van der Waals surface area contributed by atoms with Gasteiger partial charge in [0, 0.05) is 18.2 Å². The Balaban J connectivity index is 4.24. The normalized spacial score (nSPS) is 16.2. The fourth-order valence-corrected chi connectivity index (χ4v) is 0.614. The molecular formula is C9H16O4. The average Bonchev–Trinajstić information content (AvgIpc) is 2.25. The molecule has 0 fully saturated rings. The lowest BCUT2D eigenvalue weighted by Gasteiger charge is -1.99. The monoisotopic (exact) mass is 192 g/mol. The zero-order valence-electron chi connectivity index (χ0n) is 11.8. The van der Waals surface area contributed by atoms with Crippen LogP contribution in [0.25, 0.3) is 0 Å². The van der Waals surface area contributed by atoms with E-state index in [9.17, 15) is 9.59 Å². The maximum absolute atomic E-state index is 11.0. The van der Waals surface area contributed by atoms with E-state index in [1.165, 1.54) is 0 Å². The summed E-state index contributed by atoms with van der Waals surface area (Å²) in [7, 11) is 2.15. The molecule has 0 aromatic rings. The molecule has 0 aliphatic rings. The molecule has 0 bridgehead atoms. The number of carbonyl (C=O) groups is 2. The molecule has 0 aromatic carbocycles. The van der Waals surface area contributed by atoms with Crippen LogP contribution in [0.2, 0.25) is 0 Å². The molecule has 0 N–H and O–H groups in total. The number of carbonyl (C=O) groups excluding carboxylic acids is 2. The fraction of sp³-hybridized carbons (Fsp3) is 0.778. The third-order valence-corrected chi connectivity index (χ3v) is 1.26. The summed E-state index contributed by atoms with van der Waals surface area (Å²) in [6.45, 7) is 0. The first-order valence-electron chi connectivity index (χ1n) is 5.84. The van der Waals surface area contributed by atoms with Gasteiger partial charge in [-0.05, 0) is 12.8 Å². The molecule has 13 heavy (non-hydrogen) atoms. The van der Waals surface area contributed by atoms with E-state index in [2.05, 4.69) is 9.47 Å². The van der Waals surface area contributed by atoms with Crippen molar-refractivity contribution in [1.82, 2.24) is 0 Å². The van der Waals surface area contributed by atoms with Crippen LogP contribution in [-0.2, 0) is 19.1 Å². The van der Waals surface area contributed by atoms with Gasteiger partial charge in [-0.25, -0.2) is 0 Å². The largest absolute Gasteiger partial charge is 0.469 e. The lowest BCUT2D eigenvalue weighted by atomic mass is 10.1. The summed E-state index contributed by atoms with van der Waals surface area (Å²) in [5, 5.41) is 0. The van der Waals surface area contributed by atoms with Crippen LogP contribution in [0.5, 0.6) is 0 Å². The van der Waals surface area contributed by atoms with Crippen molar-refractivity contribution in [3.63, 3.8) is 0 Å². The quantitative estimate of drug-likeness (QED) is 0.595. The Morgan fingerprint density at radius 2 is 1.38 bits per heavy atom. The highest BCUT2D eigenvalue weighted by Crippen LogP contribution is 2.04. The minimum Gasteiger partial charge on any atom is -0.469 e. The van der Waals surface area contributed by atoms with E-state index < -0.39 is 24.7 Å². The molecule has 0 spiro atoms. The zero-order valence-corrected chi connectivity index (χ0v) is 7.75. The van der Waals surface area contributed by atoms with Crippen molar-refractivity contribution in [2.75, 3.05) is 14.2 Å². The van der Waals surface area contributed by atoms with Crippen molar-refractivity contribution in [3.8, 4) is 0 Å². The van der Waals surface area contributed by atoms with Crippen LogP contribution in [0.3, 0.4) is 0 Å². The average molecular weight is 192 g/mol. The molecule has 4 nitrogen and oxygen atoms in total. The summed E-state index contributed by atoms with van der Waals surface area (Å²) in [6.07, 6.45) is -4.72. The number of ether oxygens (including phenoxy) is 2. The second-order valence-electron chi connectivity index (χ2n) is 2.19. The zero-order chi connectivity index (χ0) is 13.7. The van der Waals surface area contributed by atoms with E-state index in [0.29, 0.717) is 0 Å². The maximum Gasteiger partial charge on any atom is 0.305 e. The molecule has 0 atom stereocenters. The standard InChI is InChI=1S/C9H16O4/c1-12-8(10)6-4-3-5-7-9(11)13-2/h3-7H2,1-2H3/i6D2,7D2. The number of rotatable bonds is 6. The molecule has 0 heterocycles. The Morgan fingerprint density at radius 3 is 1.69 bits per heavy atom. The van der Waals surface area contributed by atoms with Crippen molar-refractivity contribution < 1.29 is 24.5 Å². The Labute approximate surface area is 83.8 Å². The van der Waals surface area contributed by atoms with Gasteiger partial charge in [0.1, 0.15) is 0 Å². The van der Waals surface area contributed by atoms with E-state index in [0.717, 1.165) is 14.2 Å². The summed E-state index contributed by atoms with van der Waals surface area (Å²) in [5.41, 5.74) is 0. The lowest BCUT2D eigenvalue weighted by molar-refractivity contribution is -0.141. The summed E-state index contributed by atoms with van der Waals surface area (Å²) < 4.78 is 37.9. The molecule has 0 rings (SSSR count). The molecule has 0 unspecified atom stereocenters. The van der Waals surface area contributed by atoms with Crippen molar-refractivity contribution in [3.05, 3.63) is 0 Å². The minimum absolute atomic E-state index is 0.0319. The number of hydrogen-bond donors (Lipinski definition) is 0. The van der Waals surface area contributed by atoms with Gasteiger partial charge in [0.25, 0.3) is 0 Å². The van der Waals surface area contributed by atoms with Crippen molar-refractivity contribution >= 4 is 11.9 Å². The van der Waals surface area contributed by atoms with Gasteiger partial charge in [-0.15, -0.1) is 0 Å². The van der Waals surface area contributed by atoms with Gasteiger partial charge < -0.3 is 9.47 Å². The van der Waals surface area contributed by atoms with E-state index in [-0.39, 0.29) is 19.3 Å². The predicted molar refractivity (Wildman–Crippen MR) is 47.1 cm³/mol. The van der Waals surface area contributed by atoms with Gasteiger partial charge in [0.05, 0.1) is 14.2 Å². The Kier molecular flexibility index (Phi) is 3.73. The predicted octanol–water partition coefficient (Wildman–Crippen LogP) is 1.28. The number of esters is 2. The molecule has 0 radical (unpaired) electrons. The molecular weight excluding hydrogens is 172 g/mol. The van der Waals surface area contributed by atoms with Crippen LogP contribution in [-0.4, -0.2) is 26.2 Å². The van der Waals surface area contributed by atoms with E-state index in [4.69, 9.17) is 5.48 Å². The minimum atomic E-state index is -2.17. The van der Waals surface area contributed by atoms with Gasteiger partial charge >= 0.3 is 11.9 Å². The Morgan fingerprint density at radius 1 is 1.00 bits per heavy atom. The van der Waals surface area contributed by atoms with Crippen LogP contribution in [0, 0.1) is 0 Å². The van der Waals surface area contributed by atoms with Crippen LogP contribution in [0.1, 0.15) is 37.5 Å². The SMILES string of the molecule is [2H]C([2H])(CCCC([2H])([2H])C(=O)OC)C(=O)OC. The Hall–Kier alpha value is -1.06. The van der Waals surface area contributed by atoms with Crippen LogP contribution < -0.4 is 0 Å². The molecule has 0 amide bonds. The first-order valence-corrected chi connectivity index (χ1v) is 3.84. The highest BCUT2D eigenvalue weighted by molar-refractivity contribution is 5.69. The second-order valence-corrected chi connectivity index (χ2v) is 2.19. The van der Waals surface area contributed by atoms with E-state index >= 15 is 0 Å². The van der Waals surface area contributed by atoms with Gasteiger partial charge in [0.2, 0.25) is 0 Å². The lowest BCUT2D eigenvalue weighted by Crippen LogP contribution is -2.01. The summed E-state index contributed by atoms with van der Waals surface area (Å²) in [4.78, 5) is 22.0. The topological polar surface area (TPSA) is 52.6 Å². The van der Waals surface area contributed by atoms with Crippen molar-refractivity contribution in [2.24, 2.45) is 0 Å². The van der Waals surface area contributed by atoms with Crippen molar-refractivity contribution in [1.29, 1.82) is 0 Å².